The van der Waals surface area contributed by atoms with Gasteiger partial charge in [-0.15, -0.1) is 0 Å². The lowest BCUT2D eigenvalue weighted by molar-refractivity contribution is -0.137. The van der Waals surface area contributed by atoms with Crippen molar-refractivity contribution in [3.63, 3.8) is 0 Å². The van der Waals surface area contributed by atoms with E-state index in [1.54, 1.807) is 19.1 Å². The maximum atomic E-state index is 11.5. The second-order valence-electron chi connectivity index (χ2n) is 4.00. The first-order chi connectivity index (χ1) is 7.71. The molecule has 94 valence electrons. The largest absolute Gasteiger partial charge is 0.481 e. The zero-order valence-corrected chi connectivity index (χ0v) is 10.5. The minimum Gasteiger partial charge on any atom is -0.481 e. The Balaban J connectivity index is 3.17. The Morgan fingerprint density at radius 3 is 2.53 bits per heavy atom. The van der Waals surface area contributed by atoms with Gasteiger partial charge in [0.2, 0.25) is 0 Å². The van der Waals surface area contributed by atoms with E-state index in [1.165, 1.54) is 6.07 Å². The van der Waals surface area contributed by atoms with Crippen LogP contribution in [0, 0.1) is 6.92 Å². The van der Waals surface area contributed by atoms with Crippen LogP contribution in [0.4, 0.5) is 0 Å². The summed E-state index contributed by atoms with van der Waals surface area (Å²) in [5.74, 6) is -1.01. The SMILES string of the molecule is Cc1ccc(C(N)CC(=O)O)cc1S(C)(=O)=O. The summed E-state index contributed by atoms with van der Waals surface area (Å²) in [6.45, 7) is 1.68. The van der Waals surface area contributed by atoms with E-state index in [9.17, 15) is 13.2 Å². The highest BCUT2D eigenvalue weighted by Gasteiger charge is 2.16. The molecule has 0 amide bonds. The highest BCUT2D eigenvalue weighted by molar-refractivity contribution is 7.90. The van der Waals surface area contributed by atoms with Gasteiger partial charge in [-0.25, -0.2) is 8.42 Å². The van der Waals surface area contributed by atoms with Crippen molar-refractivity contribution in [2.24, 2.45) is 5.73 Å². The van der Waals surface area contributed by atoms with Crippen molar-refractivity contribution in [3.05, 3.63) is 29.3 Å². The predicted molar refractivity (Wildman–Crippen MR) is 63.5 cm³/mol. The van der Waals surface area contributed by atoms with Crippen LogP contribution in [0.5, 0.6) is 0 Å². The molecule has 0 saturated carbocycles. The van der Waals surface area contributed by atoms with Crippen molar-refractivity contribution in [1.29, 1.82) is 0 Å². The van der Waals surface area contributed by atoms with Crippen LogP contribution in [-0.4, -0.2) is 25.7 Å². The van der Waals surface area contributed by atoms with Crippen LogP contribution in [-0.2, 0) is 14.6 Å². The Bertz CT molecular complexity index is 536. The van der Waals surface area contributed by atoms with Gasteiger partial charge >= 0.3 is 5.97 Å². The first-order valence-electron chi connectivity index (χ1n) is 5.00. The Kier molecular flexibility index (Phi) is 3.90. The summed E-state index contributed by atoms with van der Waals surface area (Å²) in [6, 6.07) is 4.03. The molecule has 0 fully saturated rings. The molecule has 0 heterocycles. The lowest BCUT2D eigenvalue weighted by Crippen LogP contribution is -2.15. The van der Waals surface area contributed by atoms with Crippen LogP contribution < -0.4 is 5.73 Å². The van der Waals surface area contributed by atoms with Crippen LogP contribution in [0.3, 0.4) is 0 Å². The summed E-state index contributed by atoms with van der Waals surface area (Å²) in [5, 5.41) is 8.63. The molecule has 1 aromatic carbocycles. The zero-order valence-electron chi connectivity index (χ0n) is 9.67. The van der Waals surface area contributed by atoms with Gasteiger partial charge in [-0.3, -0.25) is 4.79 Å². The van der Waals surface area contributed by atoms with Gasteiger partial charge < -0.3 is 10.8 Å². The minimum absolute atomic E-state index is 0.191. The molecule has 0 radical (unpaired) electrons. The van der Waals surface area contributed by atoms with Gasteiger partial charge in [0.1, 0.15) is 0 Å². The van der Waals surface area contributed by atoms with Crippen LogP contribution >= 0.6 is 0 Å². The summed E-state index contributed by atoms with van der Waals surface area (Å²) in [7, 11) is -3.32. The Morgan fingerprint density at radius 2 is 2.06 bits per heavy atom. The van der Waals surface area contributed by atoms with Crippen LogP contribution in [0.15, 0.2) is 23.1 Å². The van der Waals surface area contributed by atoms with Gasteiger partial charge in [-0.05, 0) is 24.1 Å². The molecule has 0 aromatic heterocycles. The highest BCUT2D eigenvalue weighted by atomic mass is 32.2. The number of carboxylic acids is 1. The van der Waals surface area contributed by atoms with E-state index in [2.05, 4.69) is 0 Å². The number of rotatable bonds is 4. The molecular weight excluding hydrogens is 242 g/mol. The zero-order chi connectivity index (χ0) is 13.2. The third kappa shape index (κ3) is 3.54. The number of carboxylic acid groups (broad SMARTS) is 1. The fourth-order valence-corrected chi connectivity index (χ4v) is 2.56. The van der Waals surface area contributed by atoms with E-state index in [4.69, 9.17) is 10.8 Å². The number of carbonyl (C=O) groups is 1. The van der Waals surface area contributed by atoms with E-state index < -0.39 is 21.8 Å². The molecule has 0 spiro atoms. The standard InChI is InChI=1S/C11H15NO4S/c1-7-3-4-8(9(12)6-11(13)14)5-10(7)17(2,15)16/h3-5,9H,6,12H2,1-2H3,(H,13,14). The third-order valence-electron chi connectivity index (χ3n) is 2.43. The van der Waals surface area contributed by atoms with Gasteiger partial charge in [-0.2, -0.15) is 0 Å². The third-order valence-corrected chi connectivity index (χ3v) is 3.67. The quantitative estimate of drug-likeness (QED) is 0.834. The molecular formula is C11H15NO4S. The Morgan fingerprint density at radius 1 is 1.47 bits per heavy atom. The average Bonchev–Trinajstić information content (AvgIpc) is 2.15. The summed E-state index contributed by atoms with van der Waals surface area (Å²) in [4.78, 5) is 10.7. The van der Waals surface area contributed by atoms with E-state index >= 15 is 0 Å². The molecule has 1 rings (SSSR count). The van der Waals surface area contributed by atoms with Gasteiger partial charge in [0.25, 0.3) is 0 Å². The predicted octanol–water partition coefficient (Wildman–Crippen LogP) is 0.873. The molecule has 17 heavy (non-hydrogen) atoms. The van der Waals surface area contributed by atoms with Crippen LogP contribution in [0.1, 0.15) is 23.6 Å². The molecule has 6 heteroatoms. The molecule has 0 aliphatic heterocycles. The first-order valence-corrected chi connectivity index (χ1v) is 6.89. The monoisotopic (exact) mass is 257 g/mol. The number of hydrogen-bond donors (Lipinski definition) is 2. The normalized spacial score (nSPS) is 13.4. The molecule has 5 nitrogen and oxygen atoms in total. The number of sulfone groups is 1. The van der Waals surface area contributed by atoms with Gasteiger partial charge in [0.05, 0.1) is 11.3 Å². The van der Waals surface area contributed by atoms with Crippen molar-refractivity contribution in [3.8, 4) is 0 Å². The maximum Gasteiger partial charge on any atom is 0.305 e. The number of aryl methyl sites for hydroxylation is 1. The molecule has 1 atom stereocenters. The number of hydrogen-bond acceptors (Lipinski definition) is 4. The number of benzene rings is 1. The van der Waals surface area contributed by atoms with E-state index in [1.807, 2.05) is 0 Å². The van der Waals surface area contributed by atoms with Gasteiger partial charge in [-0.1, -0.05) is 12.1 Å². The van der Waals surface area contributed by atoms with Crippen molar-refractivity contribution in [1.82, 2.24) is 0 Å². The fraction of sp³-hybridized carbons (Fsp3) is 0.364. The lowest BCUT2D eigenvalue weighted by Gasteiger charge is -2.12. The van der Waals surface area contributed by atoms with Crippen LogP contribution in [0.25, 0.3) is 0 Å². The maximum absolute atomic E-state index is 11.5. The van der Waals surface area contributed by atoms with Gasteiger partial charge in [0, 0.05) is 12.3 Å². The second-order valence-corrected chi connectivity index (χ2v) is 5.99. The van der Waals surface area contributed by atoms with Gasteiger partial charge in [0.15, 0.2) is 9.84 Å². The van der Waals surface area contributed by atoms with Crippen molar-refractivity contribution >= 4 is 15.8 Å². The van der Waals surface area contributed by atoms with E-state index in [0.29, 0.717) is 11.1 Å². The van der Waals surface area contributed by atoms with Crippen molar-refractivity contribution in [2.75, 3.05) is 6.26 Å². The number of nitrogens with two attached hydrogens (primary N) is 1. The van der Waals surface area contributed by atoms with Crippen molar-refractivity contribution < 1.29 is 18.3 Å². The summed E-state index contributed by atoms with van der Waals surface area (Å²) >= 11 is 0. The second kappa shape index (κ2) is 4.85. The first kappa shape index (κ1) is 13.7. The Labute approximate surface area is 100 Å². The average molecular weight is 257 g/mol. The molecule has 1 aromatic rings. The fourth-order valence-electron chi connectivity index (χ4n) is 1.55. The molecule has 1 unspecified atom stereocenters. The van der Waals surface area contributed by atoms with Crippen molar-refractivity contribution in [2.45, 2.75) is 24.3 Å². The highest BCUT2D eigenvalue weighted by Crippen LogP contribution is 2.21. The number of aliphatic carboxylic acids is 1. The van der Waals surface area contributed by atoms with E-state index in [-0.39, 0.29) is 11.3 Å². The van der Waals surface area contributed by atoms with E-state index in [0.717, 1.165) is 6.26 Å². The smallest absolute Gasteiger partial charge is 0.305 e. The minimum atomic E-state index is -3.32. The molecule has 0 saturated heterocycles. The topological polar surface area (TPSA) is 97.5 Å². The Hall–Kier alpha value is -1.40. The lowest BCUT2D eigenvalue weighted by atomic mass is 10.0. The summed E-state index contributed by atoms with van der Waals surface area (Å²) in [5.41, 5.74) is 6.82. The molecule has 3 N–H and O–H groups in total. The summed E-state index contributed by atoms with van der Waals surface area (Å²) in [6.07, 6.45) is 0.883. The molecule has 0 bridgehead atoms. The molecule has 0 aliphatic carbocycles. The molecule has 0 aliphatic rings. The summed E-state index contributed by atoms with van der Waals surface area (Å²) < 4.78 is 23.0. The van der Waals surface area contributed by atoms with Crippen LogP contribution in [0.2, 0.25) is 0 Å².